The van der Waals surface area contributed by atoms with E-state index in [9.17, 15) is 9.36 Å². The van der Waals surface area contributed by atoms with E-state index in [-0.39, 0.29) is 19.6 Å². The van der Waals surface area contributed by atoms with Gasteiger partial charge in [0.25, 0.3) is 0 Å². The third-order valence-electron chi connectivity index (χ3n) is 4.11. The van der Waals surface area contributed by atoms with Crippen molar-refractivity contribution in [2.45, 2.75) is 42.7 Å². The van der Waals surface area contributed by atoms with Gasteiger partial charge in [-0.2, -0.15) is 0 Å². The van der Waals surface area contributed by atoms with Gasteiger partial charge >= 0.3 is 7.60 Å². The summed E-state index contributed by atoms with van der Waals surface area (Å²) in [4.78, 5) is 12.8. The van der Waals surface area contributed by atoms with Gasteiger partial charge in [-0.3, -0.25) is 9.36 Å². The number of halogens is 3. The van der Waals surface area contributed by atoms with Crippen LogP contribution in [0.15, 0.2) is 42.5 Å². The van der Waals surface area contributed by atoms with Gasteiger partial charge in [-0.25, -0.2) is 0 Å². The molecule has 0 unspecified atom stereocenters. The van der Waals surface area contributed by atoms with E-state index in [1.165, 1.54) is 0 Å². The van der Waals surface area contributed by atoms with Crippen LogP contribution in [0.25, 0.3) is 10.8 Å². The molecule has 0 aliphatic carbocycles. The van der Waals surface area contributed by atoms with E-state index < -0.39 is 23.1 Å². The summed E-state index contributed by atoms with van der Waals surface area (Å²) in [6, 6.07) is 13.4. The van der Waals surface area contributed by atoms with E-state index in [0.717, 1.165) is 16.3 Å². The maximum Gasteiger partial charge on any atom is 0.357 e. The van der Waals surface area contributed by atoms with Gasteiger partial charge in [0.15, 0.2) is 5.78 Å². The van der Waals surface area contributed by atoms with E-state index in [1.54, 1.807) is 0 Å². The molecule has 1 N–H and O–H groups in total. The van der Waals surface area contributed by atoms with Crippen molar-refractivity contribution < 1.29 is 18.4 Å². The molecule has 0 heterocycles. The number of benzene rings is 2. The van der Waals surface area contributed by atoms with E-state index in [2.05, 4.69) is 5.32 Å². The SMILES string of the molecule is CCCOP(=O)(OCCC)[C@H](NC(=O)Cc1cccc2ccccc12)C(Cl)(Cl)Cl. The fourth-order valence-electron chi connectivity index (χ4n) is 2.79. The number of fused-ring (bicyclic) bond motifs is 1. The van der Waals surface area contributed by atoms with Crippen LogP contribution in [0.1, 0.15) is 32.3 Å². The number of amides is 1. The predicted octanol–water partition coefficient (Wildman–Crippen LogP) is 6.24. The summed E-state index contributed by atoms with van der Waals surface area (Å²) >= 11 is 18.2. The number of rotatable bonds is 10. The standard InChI is InChI=1S/C20H25Cl3NO4P/c1-3-12-27-29(26,28-13-4-2)19(20(21,22)23)24-18(25)14-16-10-7-9-15-8-5-6-11-17(15)16/h5-11,19H,3-4,12-14H2,1-2H3,(H,24,25)/t19-/m0/s1. The van der Waals surface area contributed by atoms with Gasteiger partial charge in [-0.15, -0.1) is 0 Å². The minimum Gasteiger partial charge on any atom is -0.338 e. The van der Waals surface area contributed by atoms with Gasteiger partial charge in [0.05, 0.1) is 19.6 Å². The highest BCUT2D eigenvalue weighted by atomic mass is 35.6. The molecule has 5 nitrogen and oxygen atoms in total. The molecule has 29 heavy (non-hydrogen) atoms. The summed E-state index contributed by atoms with van der Waals surface area (Å²) in [6.07, 6.45) is 1.21. The van der Waals surface area contributed by atoms with Crippen molar-refractivity contribution in [2.24, 2.45) is 0 Å². The zero-order chi connectivity index (χ0) is 21.5. The second-order valence-electron chi connectivity index (χ2n) is 6.53. The molecule has 0 aliphatic heterocycles. The van der Waals surface area contributed by atoms with Crippen LogP contribution >= 0.6 is 42.4 Å². The van der Waals surface area contributed by atoms with Crippen LogP contribution in [0.2, 0.25) is 0 Å². The molecule has 2 aromatic carbocycles. The molecule has 0 bridgehead atoms. The van der Waals surface area contributed by atoms with Gasteiger partial charge < -0.3 is 14.4 Å². The van der Waals surface area contributed by atoms with Gasteiger partial charge in [-0.05, 0) is 29.2 Å². The van der Waals surface area contributed by atoms with Crippen LogP contribution in [-0.2, 0) is 24.8 Å². The summed E-state index contributed by atoms with van der Waals surface area (Å²) < 4.78 is 22.2. The van der Waals surface area contributed by atoms with Crippen molar-refractivity contribution >= 4 is 59.1 Å². The van der Waals surface area contributed by atoms with Crippen molar-refractivity contribution in [1.82, 2.24) is 5.32 Å². The Kier molecular flexibility index (Phi) is 9.27. The molecule has 1 atom stereocenters. The lowest BCUT2D eigenvalue weighted by Gasteiger charge is -2.31. The topological polar surface area (TPSA) is 64.6 Å². The first-order valence-electron chi connectivity index (χ1n) is 9.42. The Balaban J connectivity index is 2.26. The molecule has 0 spiro atoms. The maximum absolute atomic E-state index is 13.4. The number of nitrogens with one attached hydrogen (secondary N) is 1. The summed E-state index contributed by atoms with van der Waals surface area (Å²) in [6.45, 7) is 4.01. The second kappa shape index (κ2) is 11.0. The summed E-state index contributed by atoms with van der Waals surface area (Å²) in [5.74, 6) is -1.88. The van der Waals surface area contributed by atoms with E-state index >= 15 is 0 Å². The second-order valence-corrected chi connectivity index (χ2v) is 11.0. The maximum atomic E-state index is 13.4. The number of hydrogen-bond acceptors (Lipinski definition) is 4. The van der Waals surface area contributed by atoms with Crippen molar-refractivity contribution in [3.05, 3.63) is 48.0 Å². The Labute approximate surface area is 186 Å². The molecule has 0 radical (unpaired) electrons. The Bertz CT molecular complexity index is 855. The molecule has 0 aromatic heterocycles. The molecular formula is C20H25Cl3NO4P. The summed E-state index contributed by atoms with van der Waals surface area (Å²) in [5.41, 5.74) is 0.808. The molecule has 0 fully saturated rings. The Morgan fingerprint density at radius 3 is 2.21 bits per heavy atom. The highest BCUT2D eigenvalue weighted by Crippen LogP contribution is 2.59. The van der Waals surface area contributed by atoms with Crippen molar-refractivity contribution in [1.29, 1.82) is 0 Å². The van der Waals surface area contributed by atoms with E-state index in [4.69, 9.17) is 43.9 Å². The lowest BCUT2D eigenvalue weighted by atomic mass is 10.0. The third kappa shape index (κ3) is 6.85. The smallest absolute Gasteiger partial charge is 0.338 e. The number of carbonyl (C=O) groups excluding carboxylic acids is 1. The highest BCUT2D eigenvalue weighted by molar-refractivity contribution is 7.55. The first kappa shape index (κ1) is 24.5. The number of hydrogen-bond donors (Lipinski definition) is 1. The van der Waals surface area contributed by atoms with Gasteiger partial charge in [0.2, 0.25) is 9.70 Å². The van der Waals surface area contributed by atoms with Gasteiger partial charge in [0.1, 0.15) is 0 Å². The number of carbonyl (C=O) groups is 1. The molecule has 0 saturated heterocycles. The van der Waals surface area contributed by atoms with E-state index in [0.29, 0.717) is 12.8 Å². The van der Waals surface area contributed by atoms with Gasteiger partial charge in [-0.1, -0.05) is 91.1 Å². The summed E-state index contributed by atoms with van der Waals surface area (Å²) in [5, 5.41) is 4.54. The van der Waals surface area contributed by atoms with Crippen LogP contribution in [0, 0.1) is 0 Å². The fourth-order valence-corrected chi connectivity index (χ4v) is 5.93. The highest BCUT2D eigenvalue weighted by Gasteiger charge is 2.49. The van der Waals surface area contributed by atoms with Crippen LogP contribution < -0.4 is 5.32 Å². The van der Waals surface area contributed by atoms with Crippen LogP contribution in [-0.4, -0.2) is 28.7 Å². The zero-order valence-electron chi connectivity index (χ0n) is 16.4. The summed E-state index contributed by atoms with van der Waals surface area (Å²) in [7, 11) is -3.92. The van der Waals surface area contributed by atoms with Crippen LogP contribution in [0.4, 0.5) is 0 Å². The molecule has 2 aromatic rings. The molecule has 1 amide bonds. The normalized spacial score (nSPS) is 13.4. The molecule has 2 rings (SSSR count). The van der Waals surface area contributed by atoms with Crippen molar-refractivity contribution in [3.63, 3.8) is 0 Å². The Hall–Kier alpha value is -0.810. The first-order valence-corrected chi connectivity index (χ1v) is 12.2. The lowest BCUT2D eigenvalue weighted by Crippen LogP contribution is -2.45. The largest absolute Gasteiger partial charge is 0.357 e. The minimum atomic E-state index is -3.92. The quantitative estimate of drug-likeness (QED) is 0.323. The molecule has 160 valence electrons. The third-order valence-corrected chi connectivity index (χ3v) is 7.45. The monoisotopic (exact) mass is 479 g/mol. The fraction of sp³-hybridized carbons (Fsp3) is 0.450. The minimum absolute atomic E-state index is 0.0279. The molecule has 9 heteroatoms. The van der Waals surface area contributed by atoms with Crippen LogP contribution in [0.3, 0.4) is 0 Å². The zero-order valence-corrected chi connectivity index (χ0v) is 19.5. The molecule has 0 aliphatic rings. The number of alkyl halides is 3. The lowest BCUT2D eigenvalue weighted by molar-refractivity contribution is -0.120. The first-order chi connectivity index (χ1) is 13.7. The average molecular weight is 481 g/mol. The predicted molar refractivity (Wildman–Crippen MR) is 120 cm³/mol. The van der Waals surface area contributed by atoms with Crippen molar-refractivity contribution in [2.75, 3.05) is 13.2 Å². The van der Waals surface area contributed by atoms with Gasteiger partial charge in [0, 0.05) is 0 Å². The Morgan fingerprint density at radius 1 is 1.03 bits per heavy atom. The van der Waals surface area contributed by atoms with Crippen LogP contribution in [0.5, 0.6) is 0 Å². The molecular weight excluding hydrogens is 456 g/mol. The average Bonchev–Trinajstić information content (AvgIpc) is 2.68. The van der Waals surface area contributed by atoms with Crippen molar-refractivity contribution in [3.8, 4) is 0 Å². The molecule has 0 saturated carbocycles. The van der Waals surface area contributed by atoms with E-state index in [1.807, 2.05) is 56.3 Å². The Morgan fingerprint density at radius 2 is 1.62 bits per heavy atom.